The summed E-state index contributed by atoms with van der Waals surface area (Å²) in [5.74, 6) is -1.59. The fraction of sp³-hybridized carbons (Fsp3) is 0.292. The maximum absolute atomic E-state index is 11.8. The standard InChI is InChI=1S/C24H25NO7/c1-14(2)32-21-15(12-25-19-10-9-16(30-4)11-17(19)21)13-31-20-8-6-5-7-18(20)24(3,22(26)27)23(28)29/h5-12,14H,13H2,1-4H3,(H,26,27)(H,28,29). The molecule has 0 saturated heterocycles. The van der Waals surface area contributed by atoms with Crippen LogP contribution in [0.1, 0.15) is 31.9 Å². The number of pyridine rings is 1. The van der Waals surface area contributed by atoms with E-state index in [9.17, 15) is 19.8 Å². The largest absolute Gasteiger partial charge is 0.497 e. The lowest BCUT2D eigenvalue weighted by Gasteiger charge is -2.23. The Balaban J connectivity index is 2.03. The SMILES string of the molecule is COc1ccc2ncc(COc3ccccc3C(C)(C(=O)O)C(=O)O)c(OC(C)C)c2c1. The summed E-state index contributed by atoms with van der Waals surface area (Å²) in [6.45, 7) is 4.93. The van der Waals surface area contributed by atoms with Crippen molar-refractivity contribution >= 4 is 22.8 Å². The van der Waals surface area contributed by atoms with Gasteiger partial charge in [-0.1, -0.05) is 18.2 Å². The number of carboxylic acids is 2. The Labute approximate surface area is 185 Å². The average Bonchev–Trinajstić information content (AvgIpc) is 2.77. The number of aliphatic carboxylic acids is 2. The van der Waals surface area contributed by atoms with Gasteiger partial charge in [-0.05, 0) is 45.0 Å². The fourth-order valence-corrected chi connectivity index (χ4v) is 3.28. The first-order valence-corrected chi connectivity index (χ1v) is 9.99. The molecular weight excluding hydrogens is 414 g/mol. The number of carbonyl (C=O) groups is 2. The van der Waals surface area contributed by atoms with Crippen molar-refractivity contribution < 1.29 is 34.0 Å². The lowest BCUT2D eigenvalue weighted by Crippen LogP contribution is -2.41. The van der Waals surface area contributed by atoms with E-state index >= 15 is 0 Å². The average molecular weight is 439 g/mol. The molecule has 3 rings (SSSR count). The fourth-order valence-electron chi connectivity index (χ4n) is 3.28. The molecule has 0 fully saturated rings. The van der Waals surface area contributed by atoms with Crippen LogP contribution in [0.25, 0.3) is 10.9 Å². The number of carboxylic acid groups (broad SMARTS) is 2. The molecule has 32 heavy (non-hydrogen) atoms. The molecule has 1 heterocycles. The molecule has 8 heteroatoms. The Morgan fingerprint density at radius 1 is 1.09 bits per heavy atom. The monoisotopic (exact) mass is 439 g/mol. The molecule has 0 unspecified atom stereocenters. The van der Waals surface area contributed by atoms with Crippen molar-refractivity contribution in [2.24, 2.45) is 0 Å². The molecule has 3 aromatic rings. The predicted molar refractivity (Wildman–Crippen MR) is 117 cm³/mol. The minimum atomic E-state index is -2.16. The first-order valence-electron chi connectivity index (χ1n) is 9.99. The quantitative estimate of drug-likeness (QED) is 0.480. The number of rotatable bonds is 9. The van der Waals surface area contributed by atoms with Crippen molar-refractivity contribution in [1.82, 2.24) is 4.98 Å². The first kappa shape index (κ1) is 22.9. The van der Waals surface area contributed by atoms with E-state index in [0.29, 0.717) is 17.1 Å². The highest BCUT2D eigenvalue weighted by molar-refractivity contribution is 6.04. The Morgan fingerprint density at radius 3 is 2.41 bits per heavy atom. The van der Waals surface area contributed by atoms with Gasteiger partial charge in [0.15, 0.2) is 5.41 Å². The van der Waals surface area contributed by atoms with Gasteiger partial charge in [-0.25, -0.2) is 0 Å². The minimum absolute atomic E-state index is 0.00542. The zero-order valence-corrected chi connectivity index (χ0v) is 18.3. The van der Waals surface area contributed by atoms with Crippen LogP contribution in [0.3, 0.4) is 0 Å². The van der Waals surface area contributed by atoms with E-state index in [2.05, 4.69) is 4.98 Å². The van der Waals surface area contributed by atoms with Gasteiger partial charge >= 0.3 is 11.9 Å². The van der Waals surface area contributed by atoms with Crippen LogP contribution >= 0.6 is 0 Å². The summed E-state index contributed by atoms with van der Waals surface area (Å²) in [7, 11) is 1.57. The zero-order valence-electron chi connectivity index (χ0n) is 18.3. The molecule has 0 spiro atoms. The van der Waals surface area contributed by atoms with Gasteiger partial charge in [0.1, 0.15) is 23.9 Å². The molecule has 0 radical (unpaired) electrons. The van der Waals surface area contributed by atoms with E-state index in [0.717, 1.165) is 17.8 Å². The van der Waals surface area contributed by atoms with Crippen LogP contribution in [0, 0.1) is 0 Å². The van der Waals surface area contributed by atoms with E-state index in [1.54, 1.807) is 37.6 Å². The van der Waals surface area contributed by atoms with Crippen LogP contribution in [-0.4, -0.2) is 40.3 Å². The van der Waals surface area contributed by atoms with Crippen molar-refractivity contribution in [3.05, 3.63) is 59.8 Å². The molecule has 1 aromatic heterocycles. The van der Waals surface area contributed by atoms with Crippen molar-refractivity contribution in [1.29, 1.82) is 0 Å². The summed E-state index contributed by atoms with van der Waals surface area (Å²) in [6, 6.07) is 11.7. The maximum Gasteiger partial charge on any atom is 0.325 e. The van der Waals surface area contributed by atoms with Gasteiger partial charge in [0.05, 0.1) is 24.3 Å². The minimum Gasteiger partial charge on any atom is -0.497 e. The molecule has 0 aliphatic heterocycles. The van der Waals surface area contributed by atoms with Crippen LogP contribution in [0.5, 0.6) is 17.2 Å². The number of benzene rings is 2. The zero-order chi connectivity index (χ0) is 23.5. The Morgan fingerprint density at radius 2 is 1.78 bits per heavy atom. The number of fused-ring (bicyclic) bond motifs is 1. The summed E-state index contributed by atoms with van der Waals surface area (Å²) in [4.78, 5) is 28.0. The lowest BCUT2D eigenvalue weighted by atomic mass is 9.82. The number of hydrogen-bond donors (Lipinski definition) is 2. The van der Waals surface area contributed by atoms with Crippen LogP contribution in [-0.2, 0) is 21.6 Å². The van der Waals surface area contributed by atoms with Gasteiger partial charge in [-0.2, -0.15) is 0 Å². The molecule has 8 nitrogen and oxygen atoms in total. The van der Waals surface area contributed by atoms with Crippen molar-refractivity contribution in [2.45, 2.75) is 38.9 Å². The topological polar surface area (TPSA) is 115 Å². The van der Waals surface area contributed by atoms with E-state index < -0.39 is 17.4 Å². The molecule has 0 saturated carbocycles. The normalized spacial score (nSPS) is 11.4. The summed E-state index contributed by atoms with van der Waals surface area (Å²) in [5.41, 5.74) is -0.777. The van der Waals surface area contributed by atoms with Crippen LogP contribution in [0.15, 0.2) is 48.7 Å². The Bertz CT molecular complexity index is 1140. The third-order valence-electron chi connectivity index (χ3n) is 5.12. The van der Waals surface area contributed by atoms with E-state index in [1.807, 2.05) is 26.0 Å². The summed E-state index contributed by atoms with van der Waals surface area (Å²) < 4.78 is 17.3. The van der Waals surface area contributed by atoms with Crippen molar-refractivity contribution in [2.75, 3.05) is 7.11 Å². The maximum atomic E-state index is 11.8. The van der Waals surface area contributed by atoms with E-state index in [1.165, 1.54) is 6.07 Å². The van der Waals surface area contributed by atoms with Crippen molar-refractivity contribution in [3.63, 3.8) is 0 Å². The van der Waals surface area contributed by atoms with Gasteiger partial charge in [0.2, 0.25) is 0 Å². The Kier molecular flexibility index (Phi) is 6.53. The number of nitrogens with zero attached hydrogens (tertiary/aromatic N) is 1. The van der Waals surface area contributed by atoms with Crippen molar-refractivity contribution in [3.8, 4) is 17.2 Å². The highest BCUT2D eigenvalue weighted by atomic mass is 16.5. The molecular formula is C24H25NO7. The smallest absolute Gasteiger partial charge is 0.325 e. The summed E-state index contributed by atoms with van der Waals surface area (Å²) in [5, 5.41) is 19.9. The number of aromatic nitrogens is 1. The molecule has 0 aliphatic carbocycles. The number of hydrogen-bond acceptors (Lipinski definition) is 6. The lowest BCUT2D eigenvalue weighted by molar-refractivity contribution is -0.156. The molecule has 0 atom stereocenters. The van der Waals surface area contributed by atoms with E-state index in [-0.39, 0.29) is 24.0 Å². The number of para-hydroxylation sites is 1. The molecule has 0 bridgehead atoms. The second-order valence-electron chi connectivity index (χ2n) is 7.68. The third-order valence-corrected chi connectivity index (χ3v) is 5.12. The molecule has 2 aromatic carbocycles. The molecule has 0 aliphatic rings. The van der Waals surface area contributed by atoms with E-state index in [4.69, 9.17) is 14.2 Å². The highest BCUT2D eigenvalue weighted by Crippen LogP contribution is 2.36. The van der Waals surface area contributed by atoms with Crippen LogP contribution in [0.4, 0.5) is 0 Å². The molecule has 0 amide bonds. The second-order valence-corrected chi connectivity index (χ2v) is 7.68. The molecule has 2 N–H and O–H groups in total. The van der Waals surface area contributed by atoms with Gasteiger partial charge in [-0.15, -0.1) is 0 Å². The number of ether oxygens (including phenoxy) is 3. The summed E-state index contributed by atoms with van der Waals surface area (Å²) >= 11 is 0. The van der Waals surface area contributed by atoms with Gasteiger partial charge in [0, 0.05) is 17.1 Å². The predicted octanol–water partition coefficient (Wildman–Crippen LogP) is 4.04. The number of methoxy groups -OCH3 is 1. The third kappa shape index (κ3) is 4.30. The Hall–Kier alpha value is -3.81. The van der Waals surface area contributed by atoms with Gasteiger partial charge < -0.3 is 24.4 Å². The highest BCUT2D eigenvalue weighted by Gasteiger charge is 2.45. The molecule has 168 valence electrons. The first-order chi connectivity index (χ1) is 15.2. The van der Waals surface area contributed by atoms with Gasteiger partial charge in [0.25, 0.3) is 0 Å². The van der Waals surface area contributed by atoms with Crippen LogP contribution < -0.4 is 14.2 Å². The summed E-state index contributed by atoms with van der Waals surface area (Å²) in [6.07, 6.45) is 1.50. The second kappa shape index (κ2) is 9.13. The van der Waals surface area contributed by atoms with Gasteiger partial charge in [-0.3, -0.25) is 14.6 Å². The van der Waals surface area contributed by atoms with Crippen LogP contribution in [0.2, 0.25) is 0 Å².